The molecule has 3 rings (SSSR count). The Morgan fingerprint density at radius 1 is 1.20 bits per heavy atom. The summed E-state index contributed by atoms with van der Waals surface area (Å²) in [5.41, 5.74) is 1.41. The van der Waals surface area contributed by atoms with Gasteiger partial charge in [-0.3, -0.25) is 0 Å². The predicted octanol–water partition coefficient (Wildman–Crippen LogP) is 2.29. The van der Waals surface area contributed by atoms with E-state index < -0.39 is 0 Å². The van der Waals surface area contributed by atoms with Crippen molar-refractivity contribution in [3.63, 3.8) is 0 Å². The van der Waals surface area contributed by atoms with Crippen molar-refractivity contribution >= 4 is 28.6 Å². The molecule has 0 bridgehead atoms. The van der Waals surface area contributed by atoms with Gasteiger partial charge in [0, 0.05) is 13.1 Å². The van der Waals surface area contributed by atoms with E-state index in [1.165, 1.54) is 38.8 Å². The Morgan fingerprint density at radius 2 is 2.00 bits per heavy atom. The molecule has 0 amide bonds. The number of likely N-dealkylation sites (tertiary alicyclic amines) is 1. The molecule has 3 heterocycles. The van der Waals surface area contributed by atoms with E-state index in [9.17, 15) is 0 Å². The third-order valence-corrected chi connectivity index (χ3v) is 3.85. The van der Waals surface area contributed by atoms with E-state index in [0.717, 1.165) is 24.4 Å². The minimum atomic E-state index is 0.224. The van der Waals surface area contributed by atoms with Crippen molar-refractivity contribution in [1.82, 2.24) is 24.8 Å². The first-order valence-electron chi connectivity index (χ1n) is 7.16. The molecule has 0 atom stereocenters. The average molecular weight is 295 g/mol. The summed E-state index contributed by atoms with van der Waals surface area (Å²) in [7, 11) is 0. The predicted molar refractivity (Wildman–Crippen MR) is 80.1 cm³/mol. The van der Waals surface area contributed by atoms with Gasteiger partial charge in [0.1, 0.15) is 5.52 Å². The molecular formula is C13H19ClN6. The summed E-state index contributed by atoms with van der Waals surface area (Å²) >= 11 is 5.90. The molecule has 1 aliphatic heterocycles. The summed E-state index contributed by atoms with van der Waals surface area (Å²) in [4.78, 5) is 18.0. The zero-order chi connectivity index (χ0) is 13.8. The van der Waals surface area contributed by atoms with Crippen LogP contribution < -0.4 is 5.32 Å². The minimum absolute atomic E-state index is 0.224. The maximum absolute atomic E-state index is 5.90. The SMILES string of the molecule is Clc1nc(NCCN2CCCCCC2)c2[nH]cnc2n1. The van der Waals surface area contributed by atoms with E-state index in [1.807, 2.05) is 0 Å². The van der Waals surface area contributed by atoms with E-state index in [-0.39, 0.29) is 5.28 Å². The second-order valence-electron chi connectivity index (χ2n) is 5.13. The highest BCUT2D eigenvalue weighted by molar-refractivity contribution is 6.28. The van der Waals surface area contributed by atoms with Crippen LogP contribution in [0, 0.1) is 0 Å². The molecule has 0 aromatic carbocycles. The van der Waals surface area contributed by atoms with Crippen LogP contribution in [-0.4, -0.2) is 51.0 Å². The Bertz CT molecular complexity index is 561. The van der Waals surface area contributed by atoms with E-state index in [1.54, 1.807) is 6.33 Å². The fourth-order valence-corrected chi connectivity index (χ4v) is 2.79. The van der Waals surface area contributed by atoms with Crippen LogP contribution in [0.5, 0.6) is 0 Å². The topological polar surface area (TPSA) is 69.7 Å². The summed E-state index contributed by atoms with van der Waals surface area (Å²) in [6.07, 6.45) is 6.95. The van der Waals surface area contributed by atoms with Gasteiger partial charge in [0.05, 0.1) is 6.33 Å². The van der Waals surface area contributed by atoms with Crippen LogP contribution in [0.4, 0.5) is 5.82 Å². The number of aromatic nitrogens is 4. The molecular weight excluding hydrogens is 276 g/mol. The zero-order valence-electron chi connectivity index (χ0n) is 11.4. The molecule has 0 saturated carbocycles. The summed E-state index contributed by atoms with van der Waals surface area (Å²) in [6, 6.07) is 0. The van der Waals surface area contributed by atoms with Crippen molar-refractivity contribution in [2.24, 2.45) is 0 Å². The Morgan fingerprint density at radius 3 is 2.80 bits per heavy atom. The molecule has 0 radical (unpaired) electrons. The third kappa shape index (κ3) is 3.19. The smallest absolute Gasteiger partial charge is 0.226 e. The first-order chi connectivity index (χ1) is 9.83. The first-order valence-corrected chi connectivity index (χ1v) is 7.53. The lowest BCUT2D eigenvalue weighted by molar-refractivity contribution is 0.296. The molecule has 2 aromatic rings. The molecule has 20 heavy (non-hydrogen) atoms. The average Bonchev–Trinajstić information content (AvgIpc) is 2.74. The number of hydrogen-bond donors (Lipinski definition) is 2. The van der Waals surface area contributed by atoms with Crippen molar-refractivity contribution < 1.29 is 0 Å². The Labute approximate surface area is 123 Å². The number of imidazole rings is 1. The highest BCUT2D eigenvalue weighted by Crippen LogP contribution is 2.18. The third-order valence-electron chi connectivity index (χ3n) is 3.68. The van der Waals surface area contributed by atoms with Gasteiger partial charge >= 0.3 is 0 Å². The summed E-state index contributed by atoms with van der Waals surface area (Å²) in [6.45, 7) is 4.27. The maximum atomic E-state index is 5.90. The number of rotatable bonds is 4. The second-order valence-corrected chi connectivity index (χ2v) is 5.46. The molecule has 2 N–H and O–H groups in total. The number of aromatic amines is 1. The van der Waals surface area contributed by atoms with Crippen LogP contribution in [-0.2, 0) is 0 Å². The van der Waals surface area contributed by atoms with Crippen molar-refractivity contribution in [1.29, 1.82) is 0 Å². The van der Waals surface area contributed by atoms with Crippen molar-refractivity contribution in [3.05, 3.63) is 11.6 Å². The van der Waals surface area contributed by atoms with Gasteiger partial charge in [-0.2, -0.15) is 9.97 Å². The monoisotopic (exact) mass is 294 g/mol. The molecule has 1 aliphatic rings. The zero-order valence-corrected chi connectivity index (χ0v) is 12.2. The maximum Gasteiger partial charge on any atom is 0.226 e. The van der Waals surface area contributed by atoms with Gasteiger partial charge in [0.2, 0.25) is 5.28 Å². The molecule has 0 unspecified atom stereocenters. The summed E-state index contributed by atoms with van der Waals surface area (Å²) in [5, 5.41) is 3.56. The lowest BCUT2D eigenvalue weighted by Crippen LogP contribution is -2.30. The molecule has 1 fully saturated rings. The van der Waals surface area contributed by atoms with Crippen LogP contribution in [0.15, 0.2) is 6.33 Å². The number of fused-ring (bicyclic) bond motifs is 1. The number of H-pyrrole nitrogens is 1. The van der Waals surface area contributed by atoms with Gasteiger partial charge in [0.15, 0.2) is 11.5 Å². The number of halogens is 1. The minimum Gasteiger partial charge on any atom is -0.367 e. The van der Waals surface area contributed by atoms with E-state index in [0.29, 0.717) is 5.65 Å². The van der Waals surface area contributed by atoms with Crippen LogP contribution in [0.2, 0.25) is 5.28 Å². The quantitative estimate of drug-likeness (QED) is 0.847. The Hall–Kier alpha value is -1.40. The van der Waals surface area contributed by atoms with Crippen LogP contribution in [0.25, 0.3) is 11.2 Å². The Kier molecular flexibility index (Phi) is 4.32. The van der Waals surface area contributed by atoms with E-state index in [2.05, 4.69) is 30.2 Å². The van der Waals surface area contributed by atoms with Crippen LogP contribution in [0.3, 0.4) is 0 Å². The van der Waals surface area contributed by atoms with Gasteiger partial charge in [-0.25, -0.2) is 4.98 Å². The largest absolute Gasteiger partial charge is 0.367 e. The van der Waals surface area contributed by atoms with Gasteiger partial charge in [0.25, 0.3) is 0 Å². The highest BCUT2D eigenvalue weighted by Gasteiger charge is 2.11. The normalized spacial score (nSPS) is 17.2. The van der Waals surface area contributed by atoms with E-state index in [4.69, 9.17) is 11.6 Å². The van der Waals surface area contributed by atoms with Gasteiger partial charge in [-0.1, -0.05) is 12.8 Å². The highest BCUT2D eigenvalue weighted by atomic mass is 35.5. The fourth-order valence-electron chi connectivity index (χ4n) is 2.63. The Balaban J connectivity index is 1.60. The lowest BCUT2D eigenvalue weighted by Gasteiger charge is -2.19. The number of nitrogens with one attached hydrogen (secondary N) is 2. The van der Waals surface area contributed by atoms with Gasteiger partial charge in [-0.15, -0.1) is 0 Å². The molecule has 7 heteroatoms. The number of nitrogens with zero attached hydrogens (tertiary/aromatic N) is 4. The van der Waals surface area contributed by atoms with Crippen LogP contribution >= 0.6 is 11.6 Å². The molecule has 1 saturated heterocycles. The summed E-state index contributed by atoms with van der Waals surface area (Å²) in [5.74, 6) is 0.729. The van der Waals surface area contributed by atoms with E-state index >= 15 is 0 Å². The molecule has 0 spiro atoms. The molecule has 6 nitrogen and oxygen atoms in total. The van der Waals surface area contributed by atoms with Crippen molar-refractivity contribution in [2.75, 3.05) is 31.5 Å². The summed E-state index contributed by atoms with van der Waals surface area (Å²) < 4.78 is 0. The molecule has 0 aliphatic carbocycles. The first kappa shape index (κ1) is 13.6. The number of hydrogen-bond acceptors (Lipinski definition) is 5. The molecule has 108 valence electrons. The number of anilines is 1. The van der Waals surface area contributed by atoms with Crippen molar-refractivity contribution in [3.8, 4) is 0 Å². The van der Waals surface area contributed by atoms with Gasteiger partial charge in [-0.05, 0) is 37.5 Å². The van der Waals surface area contributed by atoms with Crippen LogP contribution in [0.1, 0.15) is 25.7 Å². The van der Waals surface area contributed by atoms with Gasteiger partial charge < -0.3 is 15.2 Å². The second kappa shape index (κ2) is 6.37. The standard InChI is InChI=1S/C13H19ClN6/c14-13-18-11(10-12(19-13)17-9-16-10)15-5-8-20-6-3-1-2-4-7-20/h9H,1-8H2,(H2,15,16,17,18,19). The lowest BCUT2D eigenvalue weighted by atomic mass is 10.2. The molecule has 2 aromatic heterocycles. The fraction of sp³-hybridized carbons (Fsp3) is 0.615. The van der Waals surface area contributed by atoms with Crippen molar-refractivity contribution in [2.45, 2.75) is 25.7 Å².